The molecule has 0 bridgehead atoms. The number of rotatable bonds is 6. The van der Waals surface area contributed by atoms with Gasteiger partial charge in [-0.15, -0.1) is 6.42 Å². The molecule has 96 valence electrons. The van der Waals surface area contributed by atoms with Crippen LogP contribution >= 0.6 is 0 Å². The molecule has 0 fully saturated rings. The van der Waals surface area contributed by atoms with Crippen molar-refractivity contribution in [2.75, 3.05) is 12.4 Å². The smallest absolute Gasteiger partial charge is 0.311 e. The van der Waals surface area contributed by atoms with Crippen LogP contribution in [0.4, 0.5) is 11.5 Å². The average Bonchev–Trinajstić information content (AvgIpc) is 2.37. The summed E-state index contributed by atoms with van der Waals surface area (Å²) in [6.45, 7) is 1.99. The Balaban J connectivity index is 3.04. The molecular weight excluding hydrogens is 234 g/mol. The summed E-state index contributed by atoms with van der Waals surface area (Å²) in [6, 6.07) is 2.50. The molecule has 1 N–H and O–H groups in total. The number of hydrogen-bond donors (Lipinski definition) is 1. The Bertz CT molecular complexity index is 468. The van der Waals surface area contributed by atoms with Gasteiger partial charge in [-0.05, 0) is 6.42 Å². The molecule has 1 rings (SSSR count). The van der Waals surface area contributed by atoms with Crippen LogP contribution in [0.25, 0.3) is 0 Å². The van der Waals surface area contributed by atoms with Gasteiger partial charge in [0.05, 0.1) is 18.1 Å². The van der Waals surface area contributed by atoms with E-state index in [1.807, 2.05) is 6.92 Å². The largest absolute Gasteiger partial charge is 0.481 e. The number of terminal acetylenes is 1. The molecule has 0 radical (unpaired) electrons. The van der Waals surface area contributed by atoms with Crippen LogP contribution in [0, 0.1) is 22.5 Å². The Kier molecular flexibility index (Phi) is 4.93. The van der Waals surface area contributed by atoms with E-state index in [1.54, 1.807) is 0 Å². The van der Waals surface area contributed by atoms with Gasteiger partial charge in [0.1, 0.15) is 0 Å². The second-order valence-electron chi connectivity index (χ2n) is 3.63. The third-order valence-electron chi connectivity index (χ3n) is 2.34. The normalized spacial score (nSPS) is 11.4. The first-order valence-corrected chi connectivity index (χ1v) is 5.54. The average molecular weight is 249 g/mol. The summed E-state index contributed by atoms with van der Waals surface area (Å²) in [7, 11) is 1.45. The summed E-state index contributed by atoms with van der Waals surface area (Å²) in [4.78, 5) is 14.4. The van der Waals surface area contributed by atoms with Crippen molar-refractivity contribution in [3.05, 3.63) is 22.2 Å². The van der Waals surface area contributed by atoms with Gasteiger partial charge >= 0.3 is 5.69 Å². The van der Waals surface area contributed by atoms with Crippen molar-refractivity contribution in [3.63, 3.8) is 0 Å². The van der Waals surface area contributed by atoms with E-state index in [1.165, 1.54) is 19.2 Å². The van der Waals surface area contributed by atoms with Gasteiger partial charge in [0.15, 0.2) is 0 Å². The number of nitro groups is 1. The van der Waals surface area contributed by atoms with Crippen molar-refractivity contribution < 1.29 is 9.66 Å². The van der Waals surface area contributed by atoms with Crippen LogP contribution in [-0.2, 0) is 0 Å². The van der Waals surface area contributed by atoms with Gasteiger partial charge in [0, 0.05) is 12.1 Å². The van der Waals surface area contributed by atoms with Gasteiger partial charge in [-0.25, -0.2) is 0 Å². The monoisotopic (exact) mass is 249 g/mol. The first-order valence-electron chi connectivity index (χ1n) is 5.54. The number of pyridine rings is 1. The van der Waals surface area contributed by atoms with Gasteiger partial charge in [0.25, 0.3) is 0 Å². The molecule has 1 aromatic rings. The maximum atomic E-state index is 10.9. The van der Waals surface area contributed by atoms with Crippen molar-refractivity contribution in [3.8, 4) is 18.2 Å². The van der Waals surface area contributed by atoms with Crippen molar-refractivity contribution in [1.82, 2.24) is 4.98 Å². The summed E-state index contributed by atoms with van der Waals surface area (Å²) in [6.07, 6.45) is 6.95. The lowest BCUT2D eigenvalue weighted by molar-refractivity contribution is -0.384. The van der Waals surface area contributed by atoms with E-state index in [-0.39, 0.29) is 17.5 Å². The molecular formula is C12H15N3O3. The van der Waals surface area contributed by atoms with Gasteiger partial charge < -0.3 is 10.1 Å². The Labute approximate surface area is 106 Å². The number of ether oxygens (including phenoxy) is 1. The van der Waals surface area contributed by atoms with Gasteiger partial charge in [-0.1, -0.05) is 19.3 Å². The molecule has 0 amide bonds. The second kappa shape index (κ2) is 6.45. The molecule has 18 heavy (non-hydrogen) atoms. The fourth-order valence-corrected chi connectivity index (χ4v) is 1.45. The lowest BCUT2D eigenvalue weighted by Crippen LogP contribution is -2.18. The summed E-state index contributed by atoms with van der Waals surface area (Å²) >= 11 is 0. The van der Waals surface area contributed by atoms with Crippen molar-refractivity contribution in [2.24, 2.45) is 0 Å². The quantitative estimate of drug-likeness (QED) is 0.475. The van der Waals surface area contributed by atoms with Gasteiger partial charge in [-0.3, -0.25) is 10.1 Å². The third-order valence-corrected chi connectivity index (χ3v) is 2.34. The molecule has 0 aliphatic heterocycles. The fourth-order valence-electron chi connectivity index (χ4n) is 1.45. The zero-order valence-electron chi connectivity index (χ0n) is 10.3. The van der Waals surface area contributed by atoms with E-state index in [0.29, 0.717) is 12.3 Å². The first kappa shape index (κ1) is 13.8. The highest BCUT2D eigenvalue weighted by Gasteiger charge is 2.18. The fraction of sp³-hybridized carbons (Fsp3) is 0.417. The molecule has 6 nitrogen and oxygen atoms in total. The number of nitrogens with zero attached hydrogens (tertiary/aromatic N) is 2. The predicted octanol–water partition coefficient (Wildman–Crippen LogP) is 2.21. The molecule has 0 aromatic carbocycles. The lowest BCUT2D eigenvalue weighted by atomic mass is 10.2. The second-order valence-corrected chi connectivity index (χ2v) is 3.63. The maximum Gasteiger partial charge on any atom is 0.311 e. The highest BCUT2D eigenvalue weighted by Crippen LogP contribution is 2.25. The molecule has 1 atom stereocenters. The third kappa shape index (κ3) is 3.35. The maximum absolute atomic E-state index is 10.9. The van der Waals surface area contributed by atoms with Crippen molar-refractivity contribution >= 4 is 11.5 Å². The molecule has 1 unspecified atom stereocenters. The van der Waals surface area contributed by atoms with Crippen LogP contribution in [0.5, 0.6) is 5.88 Å². The minimum atomic E-state index is -0.506. The number of methoxy groups -OCH3 is 1. The Morgan fingerprint density at radius 3 is 2.89 bits per heavy atom. The molecule has 0 spiro atoms. The molecule has 0 saturated carbocycles. The zero-order chi connectivity index (χ0) is 13.5. The predicted molar refractivity (Wildman–Crippen MR) is 68.6 cm³/mol. The van der Waals surface area contributed by atoms with E-state index in [9.17, 15) is 10.1 Å². The minimum Gasteiger partial charge on any atom is -0.481 e. The van der Waals surface area contributed by atoms with Crippen molar-refractivity contribution in [2.45, 2.75) is 25.8 Å². The van der Waals surface area contributed by atoms with Crippen LogP contribution in [0.15, 0.2) is 12.1 Å². The Morgan fingerprint density at radius 1 is 1.67 bits per heavy atom. The summed E-state index contributed by atoms with van der Waals surface area (Å²) < 4.78 is 4.94. The molecule has 0 aliphatic carbocycles. The van der Waals surface area contributed by atoms with Crippen LogP contribution < -0.4 is 10.1 Å². The number of nitrogens with one attached hydrogen (secondary N) is 1. The van der Waals surface area contributed by atoms with E-state index in [4.69, 9.17) is 11.2 Å². The van der Waals surface area contributed by atoms with E-state index < -0.39 is 4.92 Å². The highest BCUT2D eigenvalue weighted by atomic mass is 16.6. The molecule has 6 heteroatoms. The van der Waals surface area contributed by atoms with E-state index in [2.05, 4.69) is 16.2 Å². The van der Waals surface area contributed by atoms with Crippen molar-refractivity contribution in [1.29, 1.82) is 0 Å². The molecule has 1 aromatic heterocycles. The van der Waals surface area contributed by atoms with Crippen LogP contribution in [0.3, 0.4) is 0 Å². The Hall–Kier alpha value is -2.29. The first-order chi connectivity index (χ1) is 8.62. The summed E-state index contributed by atoms with van der Waals surface area (Å²) in [5.74, 6) is 2.98. The minimum absolute atomic E-state index is 0.118. The van der Waals surface area contributed by atoms with Crippen LogP contribution in [0.1, 0.15) is 19.8 Å². The SMILES string of the molecule is C#CC(CCC)Nc1nc(OC)ccc1[N+](=O)[O-]. The lowest BCUT2D eigenvalue weighted by Gasteiger charge is -2.13. The van der Waals surface area contributed by atoms with Gasteiger partial charge in [-0.2, -0.15) is 4.98 Å². The van der Waals surface area contributed by atoms with Crippen LogP contribution in [0.2, 0.25) is 0 Å². The van der Waals surface area contributed by atoms with Crippen LogP contribution in [-0.4, -0.2) is 23.1 Å². The standard InChI is InChI=1S/C12H15N3O3/c1-4-6-9(5-2)13-12-10(15(16)17)7-8-11(14-12)18-3/h2,7-9H,4,6H2,1,3H3,(H,13,14). The molecule has 1 heterocycles. The molecule has 0 aliphatic rings. The van der Waals surface area contributed by atoms with E-state index >= 15 is 0 Å². The highest BCUT2D eigenvalue weighted by molar-refractivity contribution is 5.58. The summed E-state index contributed by atoms with van der Waals surface area (Å²) in [5, 5.41) is 13.8. The number of aromatic nitrogens is 1. The zero-order valence-corrected chi connectivity index (χ0v) is 10.3. The number of anilines is 1. The topological polar surface area (TPSA) is 77.3 Å². The Morgan fingerprint density at radius 2 is 2.39 bits per heavy atom. The molecule has 0 saturated heterocycles. The van der Waals surface area contributed by atoms with E-state index in [0.717, 1.165) is 6.42 Å². The summed E-state index contributed by atoms with van der Waals surface area (Å²) in [5.41, 5.74) is -0.118. The van der Waals surface area contributed by atoms with Gasteiger partial charge in [0.2, 0.25) is 11.7 Å². The number of hydrogen-bond acceptors (Lipinski definition) is 5.